The zero-order valence-electron chi connectivity index (χ0n) is 13.1. The number of carbonyl (C=O) groups excluding carboxylic acids is 1. The second-order valence-corrected chi connectivity index (χ2v) is 6.08. The van der Waals surface area contributed by atoms with Crippen molar-refractivity contribution in [2.45, 2.75) is 39.8 Å². The summed E-state index contributed by atoms with van der Waals surface area (Å²) in [6.45, 7) is 8.20. The van der Waals surface area contributed by atoms with Gasteiger partial charge in [0.25, 0.3) is 5.56 Å². The van der Waals surface area contributed by atoms with Gasteiger partial charge in [-0.1, -0.05) is 0 Å². The van der Waals surface area contributed by atoms with Crippen LogP contribution in [0.3, 0.4) is 0 Å². The zero-order chi connectivity index (χ0) is 15.5. The maximum absolute atomic E-state index is 12.0. The van der Waals surface area contributed by atoms with Gasteiger partial charge >= 0.3 is 0 Å². The number of nitrogens with zero attached hydrogens (tertiary/aromatic N) is 3. The van der Waals surface area contributed by atoms with Gasteiger partial charge in [0.05, 0.1) is 5.69 Å². The molecule has 1 amide bonds. The van der Waals surface area contributed by atoms with Crippen molar-refractivity contribution in [2.75, 3.05) is 20.6 Å². The molecule has 0 unspecified atom stereocenters. The molecule has 0 aliphatic rings. The number of carbonyl (C=O) groups is 1. The van der Waals surface area contributed by atoms with E-state index in [0.717, 1.165) is 11.3 Å². The summed E-state index contributed by atoms with van der Waals surface area (Å²) in [6.07, 6.45) is 0. The van der Waals surface area contributed by atoms with Gasteiger partial charge < -0.3 is 10.2 Å². The summed E-state index contributed by atoms with van der Waals surface area (Å²) in [5, 5.41) is 7.05. The second-order valence-electron chi connectivity index (χ2n) is 6.08. The number of likely N-dealkylation sites (N-methyl/N-ethyl adjacent to an activating group) is 1. The van der Waals surface area contributed by atoms with E-state index in [1.807, 2.05) is 46.7 Å². The maximum atomic E-state index is 12.0. The van der Waals surface area contributed by atoms with E-state index in [9.17, 15) is 9.59 Å². The highest BCUT2D eigenvalue weighted by molar-refractivity contribution is 5.76. The molecule has 0 aromatic carbocycles. The first-order chi connectivity index (χ1) is 9.10. The van der Waals surface area contributed by atoms with Gasteiger partial charge in [-0.25, -0.2) is 4.68 Å². The summed E-state index contributed by atoms with van der Waals surface area (Å²) < 4.78 is 1.20. The van der Waals surface area contributed by atoms with E-state index >= 15 is 0 Å². The summed E-state index contributed by atoms with van der Waals surface area (Å²) in [4.78, 5) is 25.8. The van der Waals surface area contributed by atoms with Crippen LogP contribution in [0, 0.1) is 13.8 Å². The monoisotopic (exact) mass is 280 g/mol. The average molecular weight is 280 g/mol. The Morgan fingerprint density at radius 2 is 2.00 bits per heavy atom. The van der Waals surface area contributed by atoms with Crippen molar-refractivity contribution in [3.8, 4) is 0 Å². The summed E-state index contributed by atoms with van der Waals surface area (Å²) >= 11 is 0. The Morgan fingerprint density at radius 1 is 1.40 bits per heavy atom. The first kappa shape index (κ1) is 16.4. The van der Waals surface area contributed by atoms with Crippen molar-refractivity contribution >= 4 is 5.91 Å². The van der Waals surface area contributed by atoms with Gasteiger partial charge in [0.15, 0.2) is 0 Å². The SMILES string of the molecule is Cc1cc(=O)n(CC(=O)NC(C)(C)CN(C)C)nc1C. The molecule has 1 aromatic heterocycles. The van der Waals surface area contributed by atoms with Gasteiger partial charge in [-0.05, 0) is 47.4 Å². The molecule has 6 nitrogen and oxygen atoms in total. The minimum atomic E-state index is -0.357. The molecule has 20 heavy (non-hydrogen) atoms. The standard InChI is InChI=1S/C14H24N4O2/c1-10-7-13(20)18(16-11(10)2)8-12(19)15-14(3,4)9-17(5)6/h7H,8-9H2,1-6H3,(H,15,19). The Hall–Kier alpha value is -1.69. The Balaban J connectivity index is 2.77. The van der Waals surface area contributed by atoms with E-state index in [1.54, 1.807) is 0 Å². The Bertz CT molecular complexity index is 547. The second kappa shape index (κ2) is 6.17. The topological polar surface area (TPSA) is 67.2 Å². The highest BCUT2D eigenvalue weighted by Gasteiger charge is 2.21. The molecule has 112 valence electrons. The predicted octanol–water partition coefficient (Wildman–Crippen LogP) is 0.317. The van der Waals surface area contributed by atoms with E-state index in [-0.39, 0.29) is 23.6 Å². The van der Waals surface area contributed by atoms with Gasteiger partial charge in [-0.2, -0.15) is 5.10 Å². The number of aryl methyl sites for hydroxylation is 2. The molecule has 1 rings (SSSR count). The number of hydrogen-bond acceptors (Lipinski definition) is 4. The van der Waals surface area contributed by atoms with Crippen molar-refractivity contribution < 1.29 is 4.79 Å². The van der Waals surface area contributed by atoms with E-state index < -0.39 is 0 Å². The lowest BCUT2D eigenvalue weighted by Gasteiger charge is -2.29. The fraction of sp³-hybridized carbons (Fsp3) is 0.643. The number of aromatic nitrogens is 2. The fourth-order valence-corrected chi connectivity index (χ4v) is 2.17. The third-order valence-electron chi connectivity index (χ3n) is 2.92. The molecular weight excluding hydrogens is 256 g/mol. The van der Waals surface area contributed by atoms with Gasteiger partial charge in [0.1, 0.15) is 6.54 Å². The van der Waals surface area contributed by atoms with Crippen molar-refractivity contribution in [1.82, 2.24) is 20.0 Å². The van der Waals surface area contributed by atoms with Crippen LogP contribution in [0.2, 0.25) is 0 Å². The molecule has 1 aromatic rings. The molecule has 1 heterocycles. The van der Waals surface area contributed by atoms with Crippen LogP contribution in [0.15, 0.2) is 10.9 Å². The first-order valence-corrected chi connectivity index (χ1v) is 6.62. The Labute approximate surface area is 119 Å². The highest BCUT2D eigenvalue weighted by atomic mass is 16.2. The number of rotatable bonds is 5. The molecule has 6 heteroatoms. The van der Waals surface area contributed by atoms with E-state index in [2.05, 4.69) is 10.4 Å². The lowest BCUT2D eigenvalue weighted by Crippen LogP contribution is -2.51. The molecule has 0 saturated heterocycles. The first-order valence-electron chi connectivity index (χ1n) is 6.62. The molecule has 0 aliphatic carbocycles. The van der Waals surface area contributed by atoms with Crippen LogP contribution >= 0.6 is 0 Å². The van der Waals surface area contributed by atoms with E-state index in [1.165, 1.54) is 10.7 Å². The van der Waals surface area contributed by atoms with Crippen molar-refractivity contribution in [2.24, 2.45) is 0 Å². The van der Waals surface area contributed by atoms with Crippen LogP contribution in [0.4, 0.5) is 0 Å². The third-order valence-corrected chi connectivity index (χ3v) is 2.92. The van der Waals surface area contributed by atoms with Crippen molar-refractivity contribution in [3.63, 3.8) is 0 Å². The molecule has 0 fully saturated rings. The molecule has 0 radical (unpaired) electrons. The van der Waals surface area contributed by atoms with Gasteiger partial charge in [0, 0.05) is 18.2 Å². The smallest absolute Gasteiger partial charge is 0.267 e. The van der Waals surface area contributed by atoms with E-state index in [0.29, 0.717) is 6.54 Å². The number of hydrogen-bond donors (Lipinski definition) is 1. The third kappa shape index (κ3) is 4.77. The highest BCUT2D eigenvalue weighted by Crippen LogP contribution is 2.03. The van der Waals surface area contributed by atoms with Crippen molar-refractivity contribution in [1.29, 1.82) is 0 Å². The van der Waals surface area contributed by atoms with Crippen molar-refractivity contribution in [3.05, 3.63) is 27.7 Å². The lowest BCUT2D eigenvalue weighted by atomic mass is 10.1. The number of nitrogens with one attached hydrogen (secondary N) is 1. The largest absolute Gasteiger partial charge is 0.348 e. The van der Waals surface area contributed by atoms with Gasteiger partial charge in [-0.3, -0.25) is 9.59 Å². The minimum absolute atomic E-state index is 0.0587. The summed E-state index contributed by atoms with van der Waals surface area (Å²) in [7, 11) is 3.90. The minimum Gasteiger partial charge on any atom is -0.348 e. The maximum Gasteiger partial charge on any atom is 0.267 e. The summed E-state index contributed by atoms with van der Waals surface area (Å²) in [6, 6.07) is 1.50. The molecule has 0 atom stereocenters. The normalized spacial score (nSPS) is 11.8. The molecule has 1 N–H and O–H groups in total. The van der Waals surface area contributed by atoms with Crippen LogP contribution in [-0.2, 0) is 11.3 Å². The quantitative estimate of drug-likeness (QED) is 0.843. The summed E-state index contributed by atoms with van der Waals surface area (Å²) in [5.41, 5.74) is 0.974. The summed E-state index contributed by atoms with van der Waals surface area (Å²) in [5.74, 6) is -0.213. The van der Waals surface area contributed by atoms with E-state index in [4.69, 9.17) is 0 Å². The fourth-order valence-electron chi connectivity index (χ4n) is 2.17. The van der Waals surface area contributed by atoms with Crippen LogP contribution in [0.1, 0.15) is 25.1 Å². The molecule has 0 bridgehead atoms. The van der Waals surface area contributed by atoms with Crippen LogP contribution in [-0.4, -0.2) is 46.8 Å². The molecule has 0 aliphatic heterocycles. The predicted molar refractivity (Wildman–Crippen MR) is 78.7 cm³/mol. The van der Waals surface area contributed by atoms with Crippen LogP contribution < -0.4 is 10.9 Å². The lowest BCUT2D eigenvalue weighted by molar-refractivity contribution is -0.123. The van der Waals surface area contributed by atoms with Gasteiger partial charge in [0.2, 0.25) is 5.91 Å². The Kier molecular flexibility index (Phi) is 5.05. The zero-order valence-corrected chi connectivity index (χ0v) is 13.1. The molecular formula is C14H24N4O2. The average Bonchev–Trinajstić information content (AvgIpc) is 2.22. The number of amides is 1. The van der Waals surface area contributed by atoms with Gasteiger partial charge in [-0.15, -0.1) is 0 Å². The van der Waals surface area contributed by atoms with Crippen LogP contribution in [0.5, 0.6) is 0 Å². The molecule has 0 saturated carbocycles. The Morgan fingerprint density at radius 3 is 2.55 bits per heavy atom. The van der Waals surface area contributed by atoms with Crippen LogP contribution in [0.25, 0.3) is 0 Å². The molecule has 0 spiro atoms.